The molecule has 3 aromatic heterocycles. The number of fused-ring (bicyclic) bond motifs is 1. The number of nitrogens with one attached hydrogen (secondary N) is 1. The summed E-state index contributed by atoms with van der Waals surface area (Å²) in [5.41, 5.74) is 2.34. The number of benzene rings is 1. The Labute approximate surface area is 197 Å². The number of carboxylic acids is 1. The molecule has 6 nitrogen and oxygen atoms in total. The zero-order valence-corrected chi connectivity index (χ0v) is 20.4. The van der Waals surface area contributed by atoms with Gasteiger partial charge in [0.15, 0.2) is 5.82 Å². The van der Waals surface area contributed by atoms with Gasteiger partial charge in [-0.25, -0.2) is 14.2 Å². The highest BCUT2D eigenvalue weighted by Gasteiger charge is 2.26. The molecule has 0 saturated carbocycles. The lowest BCUT2D eigenvalue weighted by atomic mass is 10.1. The van der Waals surface area contributed by atoms with Crippen LogP contribution in [-0.2, 0) is 11.5 Å². The van der Waals surface area contributed by atoms with Crippen LogP contribution in [0, 0.1) is 5.82 Å². The molecule has 0 aliphatic heterocycles. The molecule has 0 spiro atoms. The molecule has 0 amide bonds. The second-order valence-corrected chi connectivity index (χ2v) is 15.1. The Morgan fingerprint density at radius 3 is 2.76 bits per heavy atom. The van der Waals surface area contributed by atoms with Crippen LogP contribution in [0.3, 0.4) is 0 Å². The Morgan fingerprint density at radius 1 is 1.24 bits per heavy atom. The molecule has 0 aliphatic carbocycles. The van der Waals surface area contributed by atoms with E-state index in [9.17, 15) is 9.90 Å². The third-order valence-corrected chi connectivity index (χ3v) is 7.48. The van der Waals surface area contributed by atoms with Crippen molar-refractivity contribution in [2.45, 2.75) is 32.4 Å². The Hall–Kier alpha value is -2.94. The third kappa shape index (κ3) is 4.73. The summed E-state index contributed by atoms with van der Waals surface area (Å²) in [7, 11) is -1.32. The highest BCUT2D eigenvalue weighted by atomic mass is 35.5. The van der Waals surface area contributed by atoms with Gasteiger partial charge in [0, 0.05) is 43.6 Å². The number of aromatic carboxylic acids is 1. The topological polar surface area (TPSA) is 80.1 Å². The molecule has 1 aromatic carbocycles. The summed E-state index contributed by atoms with van der Waals surface area (Å²) in [6, 6.07) is 10.8. The van der Waals surface area contributed by atoms with Crippen molar-refractivity contribution < 1.29 is 19.0 Å². The van der Waals surface area contributed by atoms with Gasteiger partial charge in [-0.15, -0.1) is 0 Å². The van der Waals surface area contributed by atoms with Gasteiger partial charge in [-0.05, 0) is 36.4 Å². The predicted octanol–water partition coefficient (Wildman–Crippen LogP) is 6.50. The summed E-state index contributed by atoms with van der Waals surface area (Å²) in [5.74, 6) is -1.83. The van der Waals surface area contributed by atoms with Gasteiger partial charge in [0.1, 0.15) is 12.4 Å². The average molecular weight is 486 g/mol. The number of carbonyl (C=O) groups is 1. The first-order valence-electron chi connectivity index (χ1n) is 10.6. The van der Waals surface area contributed by atoms with Crippen LogP contribution in [-0.4, -0.2) is 40.3 Å². The van der Waals surface area contributed by atoms with E-state index < -0.39 is 19.9 Å². The molecule has 0 atom stereocenters. The van der Waals surface area contributed by atoms with Gasteiger partial charge in [0.25, 0.3) is 0 Å². The molecular formula is C24H25ClFN3O3Si. The van der Waals surface area contributed by atoms with E-state index in [2.05, 4.69) is 29.6 Å². The maximum atomic E-state index is 15.1. The van der Waals surface area contributed by atoms with Crippen molar-refractivity contribution in [2.24, 2.45) is 0 Å². The number of hydrogen-bond acceptors (Lipinski definition) is 3. The molecule has 4 aromatic rings. The van der Waals surface area contributed by atoms with Gasteiger partial charge in [-0.1, -0.05) is 37.3 Å². The number of nitrogens with zero attached hydrogens (tertiary/aromatic N) is 2. The van der Waals surface area contributed by atoms with Crippen molar-refractivity contribution in [1.29, 1.82) is 0 Å². The van der Waals surface area contributed by atoms with Gasteiger partial charge < -0.3 is 19.4 Å². The van der Waals surface area contributed by atoms with Gasteiger partial charge in [-0.2, -0.15) is 0 Å². The second-order valence-electron chi connectivity index (χ2n) is 9.07. The van der Waals surface area contributed by atoms with Crippen LogP contribution in [0.1, 0.15) is 10.4 Å². The first-order chi connectivity index (χ1) is 15.7. The first kappa shape index (κ1) is 23.2. The van der Waals surface area contributed by atoms with E-state index in [1.54, 1.807) is 29.1 Å². The zero-order chi connectivity index (χ0) is 23.8. The zero-order valence-electron chi connectivity index (χ0n) is 18.7. The van der Waals surface area contributed by atoms with Crippen molar-refractivity contribution in [3.8, 4) is 22.5 Å². The molecule has 0 unspecified atom stereocenters. The molecule has 9 heteroatoms. The van der Waals surface area contributed by atoms with Crippen molar-refractivity contribution >= 4 is 36.7 Å². The van der Waals surface area contributed by atoms with Crippen molar-refractivity contribution in [3.05, 3.63) is 65.2 Å². The number of H-pyrrole nitrogens is 1. The predicted molar refractivity (Wildman–Crippen MR) is 131 cm³/mol. The molecule has 0 radical (unpaired) electrons. The largest absolute Gasteiger partial charge is 0.478 e. The van der Waals surface area contributed by atoms with Crippen molar-refractivity contribution in [3.63, 3.8) is 0 Å². The number of aromatic nitrogens is 3. The van der Waals surface area contributed by atoms with Crippen molar-refractivity contribution in [1.82, 2.24) is 14.5 Å². The fraction of sp³-hybridized carbons (Fsp3) is 0.250. The maximum Gasteiger partial charge on any atom is 0.337 e. The minimum absolute atomic E-state index is 0.0274. The number of halogens is 2. The monoisotopic (exact) mass is 485 g/mol. The summed E-state index contributed by atoms with van der Waals surface area (Å²) >= 11 is 6.04. The van der Waals surface area contributed by atoms with E-state index in [1.165, 1.54) is 12.1 Å². The summed E-state index contributed by atoms with van der Waals surface area (Å²) in [6.45, 7) is 7.37. The second kappa shape index (κ2) is 9.13. The van der Waals surface area contributed by atoms with Gasteiger partial charge in [0.2, 0.25) is 0 Å². The lowest BCUT2D eigenvalue weighted by Crippen LogP contribution is -2.22. The lowest BCUT2D eigenvalue weighted by molar-refractivity contribution is 0.0696. The van der Waals surface area contributed by atoms with Crippen LogP contribution in [0.4, 0.5) is 4.39 Å². The molecule has 0 fully saturated rings. The smallest absolute Gasteiger partial charge is 0.337 e. The number of hydrogen-bond donors (Lipinski definition) is 2. The summed E-state index contributed by atoms with van der Waals surface area (Å²) in [4.78, 5) is 19.6. The third-order valence-electron chi connectivity index (χ3n) is 5.49. The highest BCUT2D eigenvalue weighted by molar-refractivity contribution is 6.76. The van der Waals surface area contributed by atoms with Crippen LogP contribution in [0.5, 0.6) is 0 Å². The van der Waals surface area contributed by atoms with Gasteiger partial charge in [-0.3, -0.25) is 0 Å². The first-order valence-corrected chi connectivity index (χ1v) is 14.7. The van der Waals surface area contributed by atoms with Crippen LogP contribution in [0.25, 0.3) is 33.5 Å². The minimum atomic E-state index is -1.32. The number of rotatable bonds is 8. The van der Waals surface area contributed by atoms with Crippen molar-refractivity contribution in [2.75, 3.05) is 6.61 Å². The lowest BCUT2D eigenvalue weighted by Gasteiger charge is -2.18. The summed E-state index contributed by atoms with van der Waals surface area (Å²) in [6.07, 6.45) is 3.42. The molecule has 4 rings (SSSR count). The summed E-state index contributed by atoms with van der Waals surface area (Å²) in [5, 5.41) is 10.8. The quantitative estimate of drug-likeness (QED) is 0.220. The molecule has 3 heterocycles. The maximum absolute atomic E-state index is 15.1. The standard InChI is InChI=1S/C24H25ClFN3O3Si/c1-33(2,3)12-11-32-14-29-20(15-7-9-27-23-16(15)8-10-28-23)13-18(24(30)31)22(29)17-5-4-6-19(25)21(17)26/h4-10,13H,11-12,14H2,1-3H3,(H,27,28)(H,30,31). The van der Waals surface area contributed by atoms with Crippen LogP contribution in [0.15, 0.2) is 48.8 Å². The molecular weight excluding hydrogens is 461 g/mol. The fourth-order valence-corrected chi connectivity index (χ4v) is 4.70. The molecule has 172 valence electrons. The Balaban J connectivity index is 1.92. The Morgan fingerprint density at radius 2 is 2.03 bits per heavy atom. The average Bonchev–Trinajstić information content (AvgIpc) is 3.37. The number of carboxylic acid groups (broad SMARTS) is 1. The van der Waals surface area contributed by atoms with E-state index in [4.69, 9.17) is 16.3 Å². The highest BCUT2D eigenvalue weighted by Crippen LogP contribution is 2.38. The number of pyridine rings is 1. The van der Waals surface area contributed by atoms with E-state index in [1.807, 2.05) is 12.1 Å². The molecule has 0 aliphatic rings. The Bertz CT molecular complexity index is 1330. The Kier molecular flexibility index (Phi) is 6.42. The molecule has 33 heavy (non-hydrogen) atoms. The fourth-order valence-electron chi connectivity index (χ4n) is 3.76. The SMILES string of the molecule is C[Si](C)(C)CCOCn1c(-c2ccnc3[nH]ccc23)cc(C(=O)O)c1-c1cccc(Cl)c1F. The van der Waals surface area contributed by atoms with E-state index in [-0.39, 0.29) is 28.6 Å². The minimum Gasteiger partial charge on any atom is -0.478 e. The van der Waals surface area contributed by atoms with Crippen LogP contribution < -0.4 is 0 Å². The summed E-state index contributed by atoms with van der Waals surface area (Å²) < 4.78 is 22.8. The molecule has 0 saturated heterocycles. The number of ether oxygens (including phenoxy) is 1. The van der Waals surface area contributed by atoms with Gasteiger partial charge in [0.05, 0.1) is 22.0 Å². The molecule has 2 N–H and O–H groups in total. The normalized spacial score (nSPS) is 11.9. The van der Waals surface area contributed by atoms with Crippen LogP contribution in [0.2, 0.25) is 30.7 Å². The van der Waals surface area contributed by atoms with Gasteiger partial charge >= 0.3 is 5.97 Å². The van der Waals surface area contributed by atoms with E-state index >= 15 is 4.39 Å². The number of aromatic amines is 1. The van der Waals surface area contributed by atoms with Crippen LogP contribution >= 0.6 is 11.6 Å². The molecule has 0 bridgehead atoms. The van der Waals surface area contributed by atoms with E-state index in [0.29, 0.717) is 17.9 Å². The van der Waals surface area contributed by atoms with E-state index in [0.717, 1.165) is 17.0 Å².